The summed E-state index contributed by atoms with van der Waals surface area (Å²) in [4.78, 5) is 24.8. The molecule has 0 bridgehead atoms. The monoisotopic (exact) mass is 359 g/mol. The Morgan fingerprint density at radius 2 is 1.81 bits per heavy atom. The molecule has 1 aromatic carbocycles. The first-order valence-corrected chi connectivity index (χ1v) is 8.51. The van der Waals surface area contributed by atoms with Gasteiger partial charge in [0.05, 0.1) is 31.2 Å². The molecule has 0 fully saturated rings. The highest BCUT2D eigenvalue weighted by molar-refractivity contribution is 5.95. The normalized spacial score (nSPS) is 11.9. The van der Waals surface area contributed by atoms with Crippen LogP contribution in [0.25, 0.3) is 0 Å². The number of hydrogen-bond acceptors (Lipinski definition) is 5. The molecule has 26 heavy (non-hydrogen) atoms. The van der Waals surface area contributed by atoms with Gasteiger partial charge in [-0.3, -0.25) is 9.59 Å². The number of ether oxygens (including phenoxy) is 2. The van der Waals surface area contributed by atoms with E-state index in [0.717, 1.165) is 5.56 Å². The molecule has 1 N–H and O–H groups in total. The van der Waals surface area contributed by atoms with Crippen LogP contribution in [-0.4, -0.2) is 25.1 Å². The van der Waals surface area contributed by atoms with Crippen molar-refractivity contribution in [2.45, 2.75) is 46.3 Å². The van der Waals surface area contributed by atoms with Crippen LogP contribution in [0.5, 0.6) is 5.75 Å². The second-order valence-corrected chi connectivity index (χ2v) is 6.37. The topological polar surface area (TPSA) is 77.8 Å². The molecule has 0 saturated heterocycles. The summed E-state index contributed by atoms with van der Waals surface area (Å²) in [6.45, 7) is 7.09. The maximum atomic E-state index is 12.6. The van der Waals surface area contributed by atoms with Crippen molar-refractivity contribution in [3.63, 3.8) is 0 Å². The van der Waals surface area contributed by atoms with Crippen LogP contribution in [0.15, 0.2) is 34.7 Å². The first-order valence-electron chi connectivity index (χ1n) is 8.51. The number of methoxy groups -OCH3 is 1. The zero-order valence-electron chi connectivity index (χ0n) is 15.8. The summed E-state index contributed by atoms with van der Waals surface area (Å²) >= 11 is 0. The molecule has 0 aliphatic rings. The van der Waals surface area contributed by atoms with Gasteiger partial charge in [0.15, 0.2) is 0 Å². The van der Waals surface area contributed by atoms with E-state index in [1.807, 2.05) is 12.1 Å². The molecule has 0 aliphatic heterocycles. The van der Waals surface area contributed by atoms with Gasteiger partial charge in [0.25, 0.3) is 5.91 Å². The summed E-state index contributed by atoms with van der Waals surface area (Å²) in [5.74, 6) is 1.23. The van der Waals surface area contributed by atoms with Crippen molar-refractivity contribution in [3.05, 3.63) is 53.0 Å². The maximum Gasteiger partial charge on any atom is 0.308 e. The summed E-state index contributed by atoms with van der Waals surface area (Å²) in [7, 11) is 1.58. The van der Waals surface area contributed by atoms with Crippen molar-refractivity contribution in [2.75, 3.05) is 7.11 Å². The Kier molecular flexibility index (Phi) is 6.44. The molecule has 1 heterocycles. The average molecular weight is 359 g/mol. The summed E-state index contributed by atoms with van der Waals surface area (Å²) in [6, 6.07) is 8.38. The predicted molar refractivity (Wildman–Crippen MR) is 97.2 cm³/mol. The van der Waals surface area contributed by atoms with Crippen LogP contribution in [0, 0.1) is 13.8 Å². The fourth-order valence-corrected chi connectivity index (χ4v) is 2.66. The fraction of sp³-hybridized carbons (Fsp3) is 0.400. The second kappa shape index (κ2) is 8.56. The Hall–Kier alpha value is -2.76. The summed E-state index contributed by atoms with van der Waals surface area (Å²) in [5.41, 5.74) is 1.25. The standard InChI is InChI=1S/C20H25NO5/c1-12(2)25-19(22)11-18(15-6-8-16(24-5)9-7-15)21-20(23)17-10-13(3)26-14(17)4/h6-10,12,18H,11H2,1-5H3,(H,21,23). The van der Waals surface area contributed by atoms with Crippen molar-refractivity contribution in [2.24, 2.45) is 0 Å². The molecular formula is C20H25NO5. The lowest BCUT2D eigenvalue weighted by molar-refractivity contribution is -0.147. The number of carbonyl (C=O) groups is 2. The van der Waals surface area contributed by atoms with Crippen molar-refractivity contribution in [3.8, 4) is 5.75 Å². The van der Waals surface area contributed by atoms with Crippen LogP contribution in [0.3, 0.4) is 0 Å². The Morgan fingerprint density at radius 1 is 1.15 bits per heavy atom. The number of nitrogens with one attached hydrogen (secondary N) is 1. The van der Waals surface area contributed by atoms with E-state index < -0.39 is 6.04 Å². The number of amides is 1. The maximum absolute atomic E-state index is 12.6. The number of furan rings is 1. The smallest absolute Gasteiger partial charge is 0.308 e. The van der Waals surface area contributed by atoms with Crippen molar-refractivity contribution in [1.82, 2.24) is 5.32 Å². The van der Waals surface area contributed by atoms with Crippen molar-refractivity contribution >= 4 is 11.9 Å². The van der Waals surface area contributed by atoms with Gasteiger partial charge in [0.2, 0.25) is 0 Å². The number of carbonyl (C=O) groups excluding carboxylic acids is 2. The minimum absolute atomic E-state index is 0.0339. The van der Waals surface area contributed by atoms with Gasteiger partial charge in [-0.05, 0) is 51.5 Å². The minimum atomic E-state index is -0.519. The molecular weight excluding hydrogens is 334 g/mol. The Bertz CT molecular complexity index is 761. The SMILES string of the molecule is COc1ccc(C(CC(=O)OC(C)C)NC(=O)c2cc(C)oc2C)cc1. The third kappa shape index (κ3) is 5.12. The quantitative estimate of drug-likeness (QED) is 0.763. The lowest BCUT2D eigenvalue weighted by Crippen LogP contribution is -2.31. The largest absolute Gasteiger partial charge is 0.497 e. The highest BCUT2D eigenvalue weighted by Gasteiger charge is 2.23. The lowest BCUT2D eigenvalue weighted by Gasteiger charge is -2.19. The van der Waals surface area contributed by atoms with Gasteiger partial charge >= 0.3 is 5.97 Å². The fourth-order valence-electron chi connectivity index (χ4n) is 2.66. The van der Waals surface area contributed by atoms with E-state index in [1.54, 1.807) is 53.0 Å². The van der Waals surface area contributed by atoms with Gasteiger partial charge in [-0.1, -0.05) is 12.1 Å². The van der Waals surface area contributed by atoms with E-state index in [-0.39, 0.29) is 24.4 Å². The molecule has 2 rings (SSSR count). The molecule has 0 aliphatic carbocycles. The molecule has 6 nitrogen and oxygen atoms in total. The minimum Gasteiger partial charge on any atom is -0.497 e. The molecule has 6 heteroatoms. The molecule has 1 unspecified atom stereocenters. The Balaban J connectivity index is 2.22. The van der Waals surface area contributed by atoms with Crippen LogP contribution < -0.4 is 10.1 Å². The zero-order chi connectivity index (χ0) is 19.3. The third-order valence-corrected chi connectivity index (χ3v) is 3.85. The number of benzene rings is 1. The zero-order valence-corrected chi connectivity index (χ0v) is 15.8. The Morgan fingerprint density at radius 3 is 2.31 bits per heavy atom. The Labute approximate surface area is 153 Å². The van der Waals surface area contributed by atoms with Crippen LogP contribution in [0.2, 0.25) is 0 Å². The van der Waals surface area contributed by atoms with Crippen LogP contribution in [0.1, 0.15) is 53.8 Å². The summed E-state index contributed by atoms with van der Waals surface area (Å²) in [6.07, 6.45) is -0.181. The molecule has 140 valence electrons. The van der Waals surface area contributed by atoms with E-state index >= 15 is 0 Å². The van der Waals surface area contributed by atoms with Gasteiger partial charge in [0.1, 0.15) is 17.3 Å². The third-order valence-electron chi connectivity index (χ3n) is 3.85. The van der Waals surface area contributed by atoms with Gasteiger partial charge in [-0.25, -0.2) is 0 Å². The lowest BCUT2D eigenvalue weighted by atomic mass is 10.0. The molecule has 0 spiro atoms. The van der Waals surface area contributed by atoms with Crippen LogP contribution >= 0.6 is 0 Å². The summed E-state index contributed by atoms with van der Waals surface area (Å²) < 4.78 is 15.8. The van der Waals surface area contributed by atoms with E-state index in [4.69, 9.17) is 13.9 Å². The van der Waals surface area contributed by atoms with Gasteiger partial charge < -0.3 is 19.2 Å². The van der Waals surface area contributed by atoms with E-state index in [9.17, 15) is 9.59 Å². The van der Waals surface area contributed by atoms with E-state index in [2.05, 4.69) is 5.32 Å². The first kappa shape index (κ1) is 19.6. The van der Waals surface area contributed by atoms with Crippen LogP contribution in [0.4, 0.5) is 0 Å². The van der Waals surface area contributed by atoms with Crippen molar-refractivity contribution in [1.29, 1.82) is 0 Å². The molecule has 1 atom stereocenters. The van der Waals surface area contributed by atoms with Gasteiger partial charge in [0, 0.05) is 0 Å². The number of aryl methyl sites for hydroxylation is 2. The number of hydrogen-bond donors (Lipinski definition) is 1. The van der Waals surface area contributed by atoms with Crippen LogP contribution in [-0.2, 0) is 9.53 Å². The van der Waals surface area contributed by atoms with E-state index in [0.29, 0.717) is 22.8 Å². The number of esters is 1. The molecule has 1 aromatic heterocycles. The first-order chi connectivity index (χ1) is 12.3. The average Bonchev–Trinajstić information content (AvgIpc) is 2.92. The summed E-state index contributed by atoms with van der Waals surface area (Å²) in [5, 5.41) is 2.90. The number of rotatable bonds is 7. The van der Waals surface area contributed by atoms with Crippen molar-refractivity contribution < 1.29 is 23.5 Å². The van der Waals surface area contributed by atoms with Gasteiger partial charge in [-0.2, -0.15) is 0 Å². The molecule has 0 saturated carbocycles. The van der Waals surface area contributed by atoms with E-state index in [1.165, 1.54) is 0 Å². The molecule has 2 aromatic rings. The molecule has 0 radical (unpaired) electrons. The highest BCUT2D eigenvalue weighted by atomic mass is 16.5. The second-order valence-electron chi connectivity index (χ2n) is 6.37. The van der Waals surface area contributed by atoms with Gasteiger partial charge in [-0.15, -0.1) is 0 Å². The predicted octanol–water partition coefficient (Wildman–Crippen LogP) is 3.72. The molecule has 1 amide bonds. The highest BCUT2D eigenvalue weighted by Crippen LogP contribution is 2.23.